The Bertz CT molecular complexity index is 931. The second-order valence-corrected chi connectivity index (χ2v) is 6.22. The number of ether oxygens (including phenoxy) is 3. The fourth-order valence-electron chi connectivity index (χ4n) is 2.43. The molecule has 0 bridgehead atoms. The van der Waals surface area contributed by atoms with E-state index in [2.05, 4.69) is 20.9 Å². The van der Waals surface area contributed by atoms with Crippen LogP contribution in [0.2, 0.25) is 0 Å². The molecule has 3 rings (SSSR count). The summed E-state index contributed by atoms with van der Waals surface area (Å²) in [5.41, 5.74) is 1.72. The third kappa shape index (κ3) is 3.86. The number of allylic oxidation sites excluding steroid dienone is 2. The highest BCUT2D eigenvalue weighted by atomic mass is 79.9. The Morgan fingerprint density at radius 1 is 1.08 bits per heavy atom. The molecule has 6 heteroatoms. The molecule has 2 aromatic carbocycles. The van der Waals surface area contributed by atoms with Crippen molar-refractivity contribution in [3.05, 3.63) is 75.9 Å². The van der Waals surface area contributed by atoms with E-state index in [1.54, 1.807) is 38.5 Å². The van der Waals surface area contributed by atoms with Crippen LogP contribution >= 0.6 is 15.9 Å². The lowest BCUT2D eigenvalue weighted by Gasteiger charge is -2.07. The van der Waals surface area contributed by atoms with Crippen LogP contribution in [-0.4, -0.2) is 26.1 Å². The van der Waals surface area contributed by atoms with Gasteiger partial charge in [-0.1, -0.05) is 46.3 Å². The zero-order chi connectivity index (χ0) is 18.5. The van der Waals surface area contributed by atoms with Crippen LogP contribution in [-0.2, 0) is 9.53 Å². The van der Waals surface area contributed by atoms with E-state index in [0.29, 0.717) is 11.3 Å². The number of methoxy groups -OCH3 is 2. The minimum atomic E-state index is -0.508. The molecular weight excluding hydrogens is 398 g/mol. The molecule has 2 aromatic rings. The van der Waals surface area contributed by atoms with Gasteiger partial charge in [-0.15, -0.1) is 0 Å². The summed E-state index contributed by atoms with van der Waals surface area (Å²) in [4.78, 5) is 16.4. The Kier molecular flexibility index (Phi) is 5.53. The molecule has 132 valence electrons. The van der Waals surface area contributed by atoms with E-state index in [9.17, 15) is 4.79 Å². The maximum Gasteiger partial charge on any atom is 0.363 e. The summed E-state index contributed by atoms with van der Waals surface area (Å²) in [6.45, 7) is 0. The first kappa shape index (κ1) is 17.9. The molecule has 0 radical (unpaired) electrons. The summed E-state index contributed by atoms with van der Waals surface area (Å²) < 4.78 is 16.7. The first-order valence-corrected chi connectivity index (χ1v) is 8.58. The van der Waals surface area contributed by atoms with Crippen LogP contribution in [0.5, 0.6) is 11.5 Å². The maximum atomic E-state index is 12.1. The van der Waals surface area contributed by atoms with Gasteiger partial charge in [-0.2, -0.15) is 0 Å². The van der Waals surface area contributed by atoms with Crippen molar-refractivity contribution in [2.45, 2.75) is 0 Å². The lowest BCUT2D eigenvalue weighted by Crippen LogP contribution is -2.07. The van der Waals surface area contributed by atoms with Crippen molar-refractivity contribution in [2.75, 3.05) is 14.2 Å². The molecule has 0 N–H and O–H groups in total. The number of rotatable bonds is 5. The van der Waals surface area contributed by atoms with Gasteiger partial charge in [0.05, 0.1) is 19.8 Å². The highest BCUT2D eigenvalue weighted by Gasteiger charge is 2.26. The first-order valence-electron chi connectivity index (χ1n) is 7.78. The van der Waals surface area contributed by atoms with Gasteiger partial charge in [0.15, 0.2) is 5.70 Å². The number of carbonyl (C=O) groups is 1. The van der Waals surface area contributed by atoms with Gasteiger partial charge in [0.2, 0.25) is 5.90 Å². The first-order chi connectivity index (χ1) is 12.6. The van der Waals surface area contributed by atoms with Crippen LogP contribution in [0.4, 0.5) is 0 Å². The molecule has 26 heavy (non-hydrogen) atoms. The van der Waals surface area contributed by atoms with E-state index in [1.807, 2.05) is 36.4 Å². The number of para-hydroxylation sites is 1. The topological polar surface area (TPSA) is 57.1 Å². The monoisotopic (exact) mass is 413 g/mol. The average molecular weight is 414 g/mol. The molecule has 1 aliphatic heterocycles. The van der Waals surface area contributed by atoms with Crippen LogP contribution in [0, 0.1) is 0 Å². The second-order valence-electron chi connectivity index (χ2n) is 5.30. The summed E-state index contributed by atoms with van der Waals surface area (Å²) in [6, 6.07) is 13.0. The van der Waals surface area contributed by atoms with Gasteiger partial charge >= 0.3 is 5.97 Å². The van der Waals surface area contributed by atoms with Crippen molar-refractivity contribution in [3.63, 3.8) is 0 Å². The average Bonchev–Trinajstić information content (AvgIpc) is 3.03. The third-order valence-corrected chi connectivity index (χ3v) is 4.17. The predicted molar refractivity (Wildman–Crippen MR) is 103 cm³/mol. The van der Waals surface area contributed by atoms with Gasteiger partial charge in [0, 0.05) is 10.0 Å². The van der Waals surface area contributed by atoms with Crippen LogP contribution in [0.25, 0.3) is 6.08 Å². The van der Waals surface area contributed by atoms with Crippen molar-refractivity contribution in [1.29, 1.82) is 0 Å². The van der Waals surface area contributed by atoms with E-state index in [1.165, 1.54) is 0 Å². The van der Waals surface area contributed by atoms with Crippen LogP contribution in [0.15, 0.2) is 69.8 Å². The molecule has 0 saturated heterocycles. The summed E-state index contributed by atoms with van der Waals surface area (Å²) in [5, 5.41) is 0. The van der Waals surface area contributed by atoms with Gasteiger partial charge < -0.3 is 14.2 Å². The fraction of sp³-hybridized carbons (Fsp3) is 0.100. The van der Waals surface area contributed by atoms with Crippen molar-refractivity contribution in [1.82, 2.24) is 0 Å². The summed E-state index contributed by atoms with van der Waals surface area (Å²) in [7, 11) is 3.16. The van der Waals surface area contributed by atoms with E-state index < -0.39 is 5.97 Å². The lowest BCUT2D eigenvalue weighted by atomic mass is 10.2. The third-order valence-electron chi connectivity index (χ3n) is 3.68. The van der Waals surface area contributed by atoms with Crippen molar-refractivity contribution in [3.8, 4) is 11.5 Å². The minimum absolute atomic E-state index is 0.213. The number of esters is 1. The Morgan fingerprint density at radius 2 is 1.85 bits per heavy atom. The SMILES string of the molecule is COc1ccccc1C=CC=C1N=C(c2cc(Br)ccc2OC)OC1=O. The van der Waals surface area contributed by atoms with Crippen LogP contribution < -0.4 is 9.47 Å². The number of hydrogen-bond acceptors (Lipinski definition) is 5. The zero-order valence-electron chi connectivity index (χ0n) is 14.2. The maximum absolute atomic E-state index is 12.1. The number of hydrogen-bond donors (Lipinski definition) is 0. The predicted octanol–water partition coefficient (Wildman–Crippen LogP) is 4.37. The molecule has 0 spiro atoms. The van der Waals surface area contributed by atoms with Gasteiger partial charge in [-0.05, 0) is 30.3 Å². The Morgan fingerprint density at radius 3 is 2.62 bits per heavy atom. The summed E-state index contributed by atoms with van der Waals surface area (Å²) in [6.07, 6.45) is 5.18. The Balaban J connectivity index is 1.87. The number of benzene rings is 2. The van der Waals surface area contributed by atoms with E-state index in [0.717, 1.165) is 15.8 Å². The quantitative estimate of drug-likeness (QED) is 0.539. The smallest absolute Gasteiger partial charge is 0.363 e. The summed E-state index contributed by atoms with van der Waals surface area (Å²) >= 11 is 3.40. The molecular formula is C20H16BrNO4. The van der Waals surface area contributed by atoms with Gasteiger partial charge in [0.25, 0.3) is 0 Å². The lowest BCUT2D eigenvalue weighted by molar-refractivity contribution is -0.130. The van der Waals surface area contributed by atoms with E-state index >= 15 is 0 Å². The second kappa shape index (κ2) is 8.01. The Labute approximate surface area is 159 Å². The number of aliphatic imine (C=N–C) groups is 1. The van der Waals surface area contributed by atoms with Crippen LogP contribution in [0.3, 0.4) is 0 Å². The van der Waals surface area contributed by atoms with Crippen molar-refractivity contribution in [2.24, 2.45) is 4.99 Å². The van der Waals surface area contributed by atoms with Gasteiger partial charge in [-0.25, -0.2) is 9.79 Å². The number of cyclic esters (lactones) is 1. The van der Waals surface area contributed by atoms with Crippen molar-refractivity contribution < 1.29 is 19.0 Å². The molecule has 1 heterocycles. The zero-order valence-corrected chi connectivity index (χ0v) is 15.8. The Hall–Kier alpha value is -2.86. The molecule has 0 saturated carbocycles. The van der Waals surface area contributed by atoms with E-state index in [-0.39, 0.29) is 11.6 Å². The number of nitrogens with zero attached hydrogens (tertiary/aromatic N) is 1. The molecule has 0 aliphatic carbocycles. The highest BCUT2D eigenvalue weighted by molar-refractivity contribution is 9.10. The van der Waals surface area contributed by atoms with E-state index in [4.69, 9.17) is 14.2 Å². The van der Waals surface area contributed by atoms with Crippen LogP contribution in [0.1, 0.15) is 11.1 Å². The highest BCUT2D eigenvalue weighted by Crippen LogP contribution is 2.27. The normalized spacial score (nSPS) is 15.3. The molecule has 1 aliphatic rings. The van der Waals surface area contributed by atoms with Crippen molar-refractivity contribution >= 4 is 33.9 Å². The summed E-state index contributed by atoms with van der Waals surface area (Å²) in [5.74, 6) is 1.03. The minimum Gasteiger partial charge on any atom is -0.496 e. The largest absolute Gasteiger partial charge is 0.496 e. The fourth-order valence-corrected chi connectivity index (χ4v) is 2.79. The van der Waals surface area contributed by atoms with Gasteiger partial charge in [0.1, 0.15) is 11.5 Å². The molecule has 5 nitrogen and oxygen atoms in total. The number of halogens is 1. The standard InChI is InChI=1S/C20H16BrNO4/c1-24-17-9-4-3-6-13(17)7-5-8-16-20(23)26-19(22-16)15-12-14(21)10-11-18(15)25-2/h3-12H,1-2H3. The molecule has 0 atom stereocenters. The molecule has 0 amide bonds. The molecule has 0 aromatic heterocycles. The molecule has 0 unspecified atom stereocenters. The van der Waals surface area contributed by atoms with Gasteiger partial charge in [-0.3, -0.25) is 0 Å². The molecule has 0 fully saturated rings. The number of carbonyl (C=O) groups excluding carboxylic acids is 1.